The predicted octanol–water partition coefficient (Wildman–Crippen LogP) is -2.29. The van der Waals surface area contributed by atoms with E-state index in [9.17, 15) is 54.9 Å². The van der Waals surface area contributed by atoms with Crippen LogP contribution in [0.25, 0.3) is 0 Å². The number of aliphatic carboxylic acids is 1. The van der Waals surface area contributed by atoms with E-state index in [-0.39, 0.29) is 12.8 Å². The Morgan fingerprint density at radius 1 is 0.731 bits per heavy atom. The van der Waals surface area contributed by atoms with E-state index in [1.54, 1.807) is 41.5 Å². The molecule has 0 aromatic heterocycles. The normalized spacial score (nSPS) is 37.8. The van der Waals surface area contributed by atoms with Crippen molar-refractivity contribution in [2.75, 3.05) is 13.2 Å². The Bertz CT molecular complexity index is 1230. The number of aliphatic hydroxyl groups is 6. The molecule has 15 atom stereocenters. The Kier molecular flexibility index (Phi) is 14.9. The highest BCUT2D eigenvalue weighted by Gasteiger charge is 2.54. The summed E-state index contributed by atoms with van der Waals surface area (Å²) in [7, 11) is 0. The zero-order chi connectivity index (χ0) is 39.5. The van der Waals surface area contributed by atoms with E-state index < -0.39 is 140 Å². The number of carboxylic acids is 1. The van der Waals surface area contributed by atoms with Crippen molar-refractivity contribution in [3.05, 3.63) is 0 Å². The smallest absolute Gasteiger partial charge is 0.332 e. The van der Waals surface area contributed by atoms with Crippen LogP contribution in [-0.2, 0) is 52.3 Å². The molecule has 19 heteroatoms. The van der Waals surface area contributed by atoms with Crippen molar-refractivity contribution in [3.8, 4) is 0 Å². The van der Waals surface area contributed by atoms with Gasteiger partial charge in [0.2, 0.25) is 5.91 Å². The van der Waals surface area contributed by atoms with Gasteiger partial charge in [-0.1, -0.05) is 0 Å². The molecule has 19 nitrogen and oxygen atoms in total. The fourth-order valence-electron chi connectivity index (χ4n) is 6.26. The number of rotatable bonds is 12. The largest absolute Gasteiger partial charge is 0.479 e. The standard InChI is InChI=1S/C33H55NO18/c1-13(27(42)43)46-17-9-15(28(44)51-32(3,4)5)16(29(45)52-33(6,7)8)10-18(17)47-30-21(34-14(2)37)26(23(39)20(12-36)48-30)50-31-25(41)24(40)22(38)19(11-35)49-31/h13,15-26,30-31,35-36,38-41H,9-12H2,1-8H3,(H,34,37)(H,42,43)/t13-,15+,16+,17-,18+,19-,20-,21-,22+,23+,24+,25-,26-,30-,31+/m1/s1. The number of carboxylic acid groups (broad SMARTS) is 1. The number of nitrogens with one attached hydrogen (secondary N) is 1. The third-order valence-electron chi connectivity index (χ3n) is 8.69. The second-order valence-electron chi connectivity index (χ2n) is 15.3. The Hall–Kier alpha value is -2.56. The zero-order valence-electron chi connectivity index (χ0n) is 30.6. The number of carbonyl (C=O) groups excluding carboxylic acids is 3. The van der Waals surface area contributed by atoms with Gasteiger partial charge in [0.1, 0.15) is 60.0 Å². The molecule has 3 rings (SSSR count). The maximum Gasteiger partial charge on any atom is 0.332 e. The summed E-state index contributed by atoms with van der Waals surface area (Å²) in [6, 6.07) is -1.48. The van der Waals surface area contributed by atoms with Crippen LogP contribution in [0.5, 0.6) is 0 Å². The van der Waals surface area contributed by atoms with Crippen LogP contribution in [0.1, 0.15) is 68.2 Å². The molecule has 1 amide bonds. The minimum absolute atomic E-state index is 0.282. The van der Waals surface area contributed by atoms with Crippen molar-refractivity contribution >= 4 is 23.8 Å². The van der Waals surface area contributed by atoms with Gasteiger partial charge in [0.15, 0.2) is 18.7 Å². The summed E-state index contributed by atoms with van der Waals surface area (Å²) in [6.45, 7) is 10.6. The molecule has 52 heavy (non-hydrogen) atoms. The first-order chi connectivity index (χ1) is 24.0. The number of carbonyl (C=O) groups is 4. The second-order valence-corrected chi connectivity index (χ2v) is 15.3. The highest BCUT2D eigenvalue weighted by Crippen LogP contribution is 2.40. The van der Waals surface area contributed by atoms with Gasteiger partial charge in [-0.25, -0.2) is 4.79 Å². The quantitative estimate of drug-likeness (QED) is 0.0973. The maximum absolute atomic E-state index is 13.6. The lowest BCUT2D eigenvalue weighted by Crippen LogP contribution is -2.68. The van der Waals surface area contributed by atoms with Gasteiger partial charge in [0.25, 0.3) is 0 Å². The fraction of sp³-hybridized carbons (Fsp3) is 0.879. The number of ether oxygens (including phenoxy) is 7. The lowest BCUT2D eigenvalue weighted by atomic mass is 9.75. The van der Waals surface area contributed by atoms with Crippen LogP contribution < -0.4 is 5.32 Å². The van der Waals surface area contributed by atoms with Crippen LogP contribution >= 0.6 is 0 Å². The van der Waals surface area contributed by atoms with Gasteiger partial charge >= 0.3 is 17.9 Å². The Morgan fingerprint density at radius 2 is 1.21 bits per heavy atom. The van der Waals surface area contributed by atoms with E-state index in [1.165, 1.54) is 6.92 Å². The molecule has 0 aromatic rings. The van der Waals surface area contributed by atoms with E-state index in [0.29, 0.717) is 0 Å². The van der Waals surface area contributed by atoms with Crippen molar-refractivity contribution in [1.82, 2.24) is 5.32 Å². The van der Waals surface area contributed by atoms with Crippen LogP contribution in [0.3, 0.4) is 0 Å². The number of aliphatic hydroxyl groups excluding tert-OH is 6. The molecule has 2 heterocycles. The van der Waals surface area contributed by atoms with E-state index in [4.69, 9.17) is 33.2 Å². The maximum atomic E-state index is 13.6. The van der Waals surface area contributed by atoms with Crippen LogP contribution in [0.4, 0.5) is 0 Å². The lowest BCUT2D eigenvalue weighted by molar-refractivity contribution is -0.350. The van der Waals surface area contributed by atoms with Gasteiger partial charge in [0.05, 0.1) is 37.3 Å². The van der Waals surface area contributed by atoms with Gasteiger partial charge in [-0.2, -0.15) is 0 Å². The molecule has 1 saturated carbocycles. The molecule has 0 spiro atoms. The summed E-state index contributed by atoms with van der Waals surface area (Å²) in [5.74, 6) is -5.96. The summed E-state index contributed by atoms with van der Waals surface area (Å²) >= 11 is 0. The van der Waals surface area contributed by atoms with E-state index in [1.807, 2.05) is 0 Å². The van der Waals surface area contributed by atoms with Crippen molar-refractivity contribution < 1.29 is 88.1 Å². The van der Waals surface area contributed by atoms with Crippen molar-refractivity contribution in [2.45, 2.75) is 159 Å². The van der Waals surface area contributed by atoms with Gasteiger partial charge in [-0.05, 0) is 61.3 Å². The highest BCUT2D eigenvalue weighted by molar-refractivity contribution is 5.83. The first kappa shape index (κ1) is 43.8. The molecule has 2 aliphatic heterocycles. The topological polar surface area (TPSA) is 287 Å². The summed E-state index contributed by atoms with van der Waals surface area (Å²) in [6.07, 6.45) is -19.7. The van der Waals surface area contributed by atoms with Crippen LogP contribution in [-0.4, -0.2) is 164 Å². The number of hydrogen-bond donors (Lipinski definition) is 8. The third kappa shape index (κ3) is 11.2. The van der Waals surface area contributed by atoms with Crippen LogP contribution in [0.15, 0.2) is 0 Å². The average Bonchev–Trinajstić information content (AvgIpc) is 3.02. The van der Waals surface area contributed by atoms with E-state index >= 15 is 0 Å². The predicted molar refractivity (Wildman–Crippen MR) is 173 cm³/mol. The minimum Gasteiger partial charge on any atom is -0.479 e. The van der Waals surface area contributed by atoms with Gasteiger partial charge in [0, 0.05) is 6.92 Å². The van der Waals surface area contributed by atoms with Crippen LogP contribution in [0, 0.1) is 11.8 Å². The monoisotopic (exact) mass is 753 g/mol. The third-order valence-corrected chi connectivity index (χ3v) is 8.69. The molecular weight excluding hydrogens is 698 g/mol. The molecule has 0 bridgehead atoms. The molecule has 0 unspecified atom stereocenters. The summed E-state index contributed by atoms with van der Waals surface area (Å²) < 4.78 is 40.7. The fourth-order valence-corrected chi connectivity index (χ4v) is 6.26. The van der Waals surface area contributed by atoms with Crippen molar-refractivity contribution in [3.63, 3.8) is 0 Å². The molecule has 1 aliphatic carbocycles. The molecule has 3 aliphatic rings. The molecule has 8 N–H and O–H groups in total. The zero-order valence-corrected chi connectivity index (χ0v) is 30.6. The molecular formula is C33H55NO18. The molecule has 0 radical (unpaired) electrons. The van der Waals surface area contributed by atoms with Gasteiger partial charge in [-0.15, -0.1) is 0 Å². The SMILES string of the molecule is CC(=O)N[C@H]1[C@H](O[C@H]2C[C@H](C(=O)OC(C)(C)C)[C@@H](C(=O)OC(C)(C)C)C[C@H]2O[C@H](C)C(=O)O)O[C@H](CO)[C@H](O)[C@@H]1O[C@@H]1O[C@H](CO)[C@H](O)[C@H](O)[C@H]1O. The van der Waals surface area contributed by atoms with Crippen LogP contribution in [0.2, 0.25) is 0 Å². The minimum atomic E-state index is -1.91. The summed E-state index contributed by atoms with van der Waals surface area (Å²) in [5, 5.41) is 74.4. The van der Waals surface area contributed by atoms with Gasteiger partial charge < -0.3 is 74.2 Å². The summed E-state index contributed by atoms with van der Waals surface area (Å²) in [4.78, 5) is 51.5. The first-order valence-corrected chi connectivity index (χ1v) is 17.1. The number of amides is 1. The Labute approximate surface area is 301 Å². The van der Waals surface area contributed by atoms with Crippen molar-refractivity contribution in [1.29, 1.82) is 0 Å². The number of esters is 2. The lowest BCUT2D eigenvalue weighted by Gasteiger charge is -2.49. The van der Waals surface area contributed by atoms with Crippen molar-refractivity contribution in [2.24, 2.45) is 11.8 Å². The Morgan fingerprint density at radius 3 is 1.67 bits per heavy atom. The first-order valence-electron chi connectivity index (χ1n) is 17.1. The molecule has 300 valence electrons. The number of hydrogen-bond acceptors (Lipinski definition) is 17. The molecule has 0 aromatic carbocycles. The van der Waals surface area contributed by atoms with E-state index in [0.717, 1.165) is 6.92 Å². The molecule has 2 saturated heterocycles. The molecule has 3 fully saturated rings. The Balaban J connectivity index is 2.05. The summed E-state index contributed by atoms with van der Waals surface area (Å²) in [5.41, 5.74) is -1.93. The highest BCUT2D eigenvalue weighted by atomic mass is 16.7. The van der Waals surface area contributed by atoms with E-state index in [2.05, 4.69) is 5.32 Å². The second kappa shape index (κ2) is 17.7. The van der Waals surface area contributed by atoms with Gasteiger partial charge in [-0.3, -0.25) is 14.4 Å². The average molecular weight is 754 g/mol.